The quantitative estimate of drug-likeness (QED) is 0.530. The standard InChI is InChI=1S/C24H34N6O/c1-19(21-7-5-4-6-8-21)28-24(27-18-23(31)29(2)3)26-17-20-11-15-30(16-12-20)22-9-13-25-14-10-22/h4-10,13-14,19-20H,11-12,15-18H2,1-3H3,(H2,26,27,28). The molecule has 1 atom stereocenters. The van der Waals surface area contributed by atoms with Crippen LogP contribution in [0, 0.1) is 5.92 Å². The molecule has 31 heavy (non-hydrogen) atoms. The first-order chi connectivity index (χ1) is 15.0. The van der Waals surface area contributed by atoms with E-state index in [1.807, 2.05) is 30.6 Å². The van der Waals surface area contributed by atoms with Crippen LogP contribution in [0.3, 0.4) is 0 Å². The maximum absolute atomic E-state index is 12.0. The number of aliphatic imine (C=N–C) groups is 1. The summed E-state index contributed by atoms with van der Waals surface area (Å²) in [5, 5.41) is 6.93. The molecular formula is C24H34N6O. The van der Waals surface area contributed by atoms with E-state index < -0.39 is 0 Å². The summed E-state index contributed by atoms with van der Waals surface area (Å²) in [4.78, 5) is 24.7. The molecule has 1 aromatic carbocycles. The van der Waals surface area contributed by atoms with E-state index in [1.165, 1.54) is 11.3 Å². The van der Waals surface area contributed by atoms with Gasteiger partial charge in [0, 0.05) is 51.8 Å². The van der Waals surface area contributed by atoms with Crippen molar-refractivity contribution in [2.75, 3.05) is 45.2 Å². The number of pyridine rings is 1. The van der Waals surface area contributed by atoms with Gasteiger partial charge in [-0.05, 0) is 43.4 Å². The molecule has 1 saturated heterocycles. The first-order valence-electron chi connectivity index (χ1n) is 11.0. The summed E-state index contributed by atoms with van der Waals surface area (Å²) in [5.74, 6) is 1.24. The number of carbonyl (C=O) groups excluding carboxylic acids is 1. The Kier molecular flexibility index (Phi) is 8.27. The third-order valence-electron chi connectivity index (χ3n) is 5.72. The first-order valence-corrected chi connectivity index (χ1v) is 11.0. The van der Waals surface area contributed by atoms with E-state index in [-0.39, 0.29) is 18.5 Å². The van der Waals surface area contributed by atoms with Gasteiger partial charge in [0.1, 0.15) is 6.54 Å². The van der Waals surface area contributed by atoms with E-state index in [9.17, 15) is 4.79 Å². The third kappa shape index (κ3) is 6.98. The highest BCUT2D eigenvalue weighted by Gasteiger charge is 2.20. The lowest BCUT2D eigenvalue weighted by atomic mass is 9.96. The molecule has 1 unspecified atom stereocenters. The van der Waals surface area contributed by atoms with Crippen molar-refractivity contribution in [1.29, 1.82) is 0 Å². The van der Waals surface area contributed by atoms with E-state index in [1.54, 1.807) is 19.0 Å². The molecule has 2 N–H and O–H groups in total. The highest BCUT2D eigenvalue weighted by Crippen LogP contribution is 2.22. The van der Waals surface area contributed by atoms with Gasteiger partial charge in [0.15, 0.2) is 5.96 Å². The van der Waals surface area contributed by atoms with Crippen LogP contribution in [0.5, 0.6) is 0 Å². The smallest absolute Gasteiger partial charge is 0.243 e. The monoisotopic (exact) mass is 422 g/mol. The Balaban J connectivity index is 1.55. The van der Waals surface area contributed by atoms with Crippen LogP contribution in [0.2, 0.25) is 0 Å². The van der Waals surface area contributed by atoms with Gasteiger partial charge in [0.2, 0.25) is 5.91 Å². The molecule has 2 heterocycles. The Bertz CT molecular complexity index is 832. The minimum absolute atomic E-state index is 0.0147. The second kappa shape index (κ2) is 11.3. The van der Waals surface area contributed by atoms with Crippen molar-refractivity contribution < 1.29 is 4.79 Å². The Hall–Kier alpha value is -3.09. The summed E-state index contributed by atoms with van der Waals surface area (Å²) in [6.07, 6.45) is 5.93. The molecule has 0 aliphatic carbocycles. The summed E-state index contributed by atoms with van der Waals surface area (Å²) in [6.45, 7) is 5.15. The first kappa shape index (κ1) is 22.6. The highest BCUT2D eigenvalue weighted by atomic mass is 16.2. The topological polar surface area (TPSA) is 72.9 Å². The molecule has 0 bridgehead atoms. The van der Waals surface area contributed by atoms with Gasteiger partial charge in [-0.1, -0.05) is 30.3 Å². The van der Waals surface area contributed by atoms with Crippen LogP contribution in [-0.2, 0) is 4.79 Å². The van der Waals surface area contributed by atoms with Crippen LogP contribution < -0.4 is 15.5 Å². The lowest BCUT2D eigenvalue weighted by molar-refractivity contribution is -0.127. The fourth-order valence-corrected chi connectivity index (χ4v) is 3.66. The molecule has 0 spiro atoms. The van der Waals surface area contributed by atoms with Crippen LogP contribution in [0.1, 0.15) is 31.4 Å². The second-order valence-corrected chi connectivity index (χ2v) is 8.25. The van der Waals surface area contributed by atoms with Crippen molar-refractivity contribution in [3.63, 3.8) is 0 Å². The molecule has 1 fully saturated rings. The predicted octanol–water partition coefficient (Wildman–Crippen LogP) is 2.68. The fourth-order valence-electron chi connectivity index (χ4n) is 3.66. The summed E-state index contributed by atoms with van der Waals surface area (Å²) >= 11 is 0. The molecule has 0 radical (unpaired) electrons. The van der Waals surface area contributed by atoms with Crippen LogP contribution in [-0.4, -0.2) is 62.0 Å². The highest BCUT2D eigenvalue weighted by molar-refractivity contribution is 5.85. The number of nitrogens with one attached hydrogen (secondary N) is 2. The molecule has 2 aromatic rings. The second-order valence-electron chi connectivity index (χ2n) is 8.25. The van der Waals surface area contributed by atoms with Crippen molar-refractivity contribution in [3.05, 3.63) is 60.4 Å². The molecule has 1 aliphatic heterocycles. The number of aromatic nitrogens is 1. The van der Waals surface area contributed by atoms with E-state index >= 15 is 0 Å². The van der Waals surface area contributed by atoms with Crippen molar-refractivity contribution in [1.82, 2.24) is 20.5 Å². The number of likely N-dealkylation sites (N-methyl/N-ethyl adjacent to an activating group) is 1. The zero-order chi connectivity index (χ0) is 22.1. The molecule has 1 amide bonds. The lowest BCUT2D eigenvalue weighted by Crippen LogP contribution is -2.44. The average molecular weight is 423 g/mol. The number of benzene rings is 1. The van der Waals surface area contributed by atoms with Gasteiger partial charge < -0.3 is 20.4 Å². The Morgan fingerprint density at radius 1 is 1.16 bits per heavy atom. The van der Waals surface area contributed by atoms with Gasteiger partial charge in [-0.3, -0.25) is 9.78 Å². The molecule has 7 heteroatoms. The zero-order valence-electron chi connectivity index (χ0n) is 18.8. The van der Waals surface area contributed by atoms with Crippen LogP contribution >= 0.6 is 0 Å². The molecule has 1 aliphatic rings. The van der Waals surface area contributed by atoms with Gasteiger partial charge in [-0.15, -0.1) is 0 Å². The number of rotatable bonds is 7. The minimum Gasteiger partial charge on any atom is -0.371 e. The van der Waals surface area contributed by atoms with E-state index in [0.29, 0.717) is 11.9 Å². The van der Waals surface area contributed by atoms with Crippen molar-refractivity contribution in [2.24, 2.45) is 10.9 Å². The number of hydrogen-bond acceptors (Lipinski definition) is 4. The fraction of sp³-hybridized carbons (Fsp3) is 0.458. The number of anilines is 1. The molecule has 1 aromatic heterocycles. The molecular weight excluding hydrogens is 388 g/mol. The number of carbonyl (C=O) groups is 1. The molecule has 7 nitrogen and oxygen atoms in total. The minimum atomic E-state index is -0.0147. The van der Waals surface area contributed by atoms with Crippen molar-refractivity contribution in [3.8, 4) is 0 Å². The van der Waals surface area contributed by atoms with Gasteiger partial charge >= 0.3 is 0 Å². The molecule has 0 saturated carbocycles. The number of hydrogen-bond donors (Lipinski definition) is 2. The van der Waals surface area contributed by atoms with Crippen LogP contribution in [0.4, 0.5) is 5.69 Å². The van der Waals surface area contributed by atoms with Gasteiger partial charge in [0.05, 0.1) is 6.04 Å². The van der Waals surface area contributed by atoms with Gasteiger partial charge in [0.25, 0.3) is 0 Å². The number of guanidine groups is 1. The van der Waals surface area contributed by atoms with Gasteiger partial charge in [-0.25, -0.2) is 4.99 Å². The number of nitrogens with zero attached hydrogens (tertiary/aromatic N) is 4. The summed E-state index contributed by atoms with van der Waals surface area (Å²) in [7, 11) is 3.50. The predicted molar refractivity (Wildman–Crippen MR) is 126 cm³/mol. The van der Waals surface area contributed by atoms with E-state index in [4.69, 9.17) is 0 Å². The zero-order valence-corrected chi connectivity index (χ0v) is 18.8. The maximum atomic E-state index is 12.0. The Labute approximate surface area is 185 Å². The van der Waals surface area contributed by atoms with Crippen LogP contribution in [0.15, 0.2) is 59.9 Å². The maximum Gasteiger partial charge on any atom is 0.243 e. The third-order valence-corrected chi connectivity index (χ3v) is 5.72. The van der Waals surface area contributed by atoms with Crippen molar-refractivity contribution >= 4 is 17.6 Å². The number of amides is 1. The normalized spacial score (nSPS) is 16.0. The average Bonchev–Trinajstić information content (AvgIpc) is 2.82. The number of piperidine rings is 1. The Morgan fingerprint density at radius 2 is 1.84 bits per heavy atom. The lowest BCUT2D eigenvalue weighted by Gasteiger charge is -2.34. The SMILES string of the molecule is CC(NC(=NCC(=O)N(C)C)NCC1CCN(c2ccncc2)CC1)c1ccccc1. The molecule has 166 valence electrons. The van der Waals surface area contributed by atoms with Gasteiger partial charge in [-0.2, -0.15) is 0 Å². The summed E-state index contributed by atoms with van der Waals surface area (Å²) in [5.41, 5.74) is 2.42. The largest absolute Gasteiger partial charge is 0.371 e. The summed E-state index contributed by atoms with van der Waals surface area (Å²) < 4.78 is 0. The molecule has 3 rings (SSSR count). The summed E-state index contributed by atoms with van der Waals surface area (Å²) in [6, 6.07) is 14.5. The van der Waals surface area contributed by atoms with Crippen LogP contribution in [0.25, 0.3) is 0 Å². The van der Waals surface area contributed by atoms with E-state index in [0.717, 1.165) is 32.5 Å². The Morgan fingerprint density at radius 3 is 2.48 bits per heavy atom. The van der Waals surface area contributed by atoms with E-state index in [2.05, 4.69) is 56.7 Å². The van der Waals surface area contributed by atoms with Crippen molar-refractivity contribution in [2.45, 2.75) is 25.8 Å².